The molecule has 1 aliphatic rings. The average molecular weight is 370 g/mol. The van der Waals surface area contributed by atoms with Crippen molar-refractivity contribution < 1.29 is 18.8 Å². The molecule has 3 rings (SSSR count). The molecule has 2 aromatic rings. The fourth-order valence-corrected chi connectivity index (χ4v) is 3.06. The summed E-state index contributed by atoms with van der Waals surface area (Å²) in [5, 5.41) is 6.97. The molecule has 0 aliphatic carbocycles. The van der Waals surface area contributed by atoms with E-state index in [0.29, 0.717) is 42.8 Å². The van der Waals surface area contributed by atoms with Gasteiger partial charge in [-0.2, -0.15) is 0 Å². The third-order valence-corrected chi connectivity index (χ3v) is 4.63. The Kier molecular flexibility index (Phi) is 5.74. The predicted molar refractivity (Wildman–Crippen MR) is 101 cm³/mol. The Morgan fingerprint density at radius 2 is 2.00 bits per heavy atom. The lowest BCUT2D eigenvalue weighted by molar-refractivity contribution is -0.141. The van der Waals surface area contributed by atoms with E-state index in [1.54, 1.807) is 32.2 Å². The Bertz CT molecular complexity index is 853. The molecule has 0 spiro atoms. The van der Waals surface area contributed by atoms with E-state index >= 15 is 0 Å². The Hall–Kier alpha value is -2.89. The van der Waals surface area contributed by atoms with Crippen LogP contribution in [0.25, 0.3) is 0 Å². The largest absolute Gasteiger partial charge is 0.496 e. The standard InChI is InChI=1S/C21H23FN2O3/c1-21(14-18(24-27-21)16-10-4-6-12-19(16)26-2)20(25)23-13-7-9-15-8-3-5-11-17(15)22/h3-6,8,10-12H,7,9,13-14H2,1-2H3,(H,23,25)/t21-/m1/s1. The maximum absolute atomic E-state index is 13.6. The predicted octanol–water partition coefficient (Wildman–Crippen LogP) is 3.47. The van der Waals surface area contributed by atoms with Gasteiger partial charge in [-0.25, -0.2) is 4.39 Å². The highest BCUT2D eigenvalue weighted by molar-refractivity contribution is 6.07. The minimum absolute atomic E-state index is 0.218. The molecule has 1 N–H and O–H groups in total. The number of methoxy groups -OCH3 is 1. The molecule has 0 saturated heterocycles. The highest BCUT2D eigenvalue weighted by Crippen LogP contribution is 2.30. The molecular weight excluding hydrogens is 347 g/mol. The molecular formula is C21H23FN2O3. The monoisotopic (exact) mass is 370 g/mol. The van der Waals surface area contributed by atoms with Gasteiger partial charge in [0, 0.05) is 18.5 Å². The molecule has 2 aromatic carbocycles. The molecule has 0 bridgehead atoms. The van der Waals surface area contributed by atoms with Crippen LogP contribution in [0.15, 0.2) is 53.7 Å². The summed E-state index contributed by atoms with van der Waals surface area (Å²) >= 11 is 0. The Balaban J connectivity index is 1.53. The topological polar surface area (TPSA) is 59.9 Å². The molecule has 0 radical (unpaired) electrons. The van der Waals surface area contributed by atoms with E-state index in [2.05, 4.69) is 10.5 Å². The van der Waals surface area contributed by atoms with Crippen molar-refractivity contribution in [2.24, 2.45) is 5.16 Å². The molecule has 0 unspecified atom stereocenters. The van der Waals surface area contributed by atoms with Gasteiger partial charge in [0.05, 0.1) is 12.8 Å². The van der Waals surface area contributed by atoms with Crippen molar-refractivity contribution in [2.75, 3.05) is 13.7 Å². The number of hydrogen-bond acceptors (Lipinski definition) is 4. The van der Waals surface area contributed by atoms with Gasteiger partial charge in [-0.05, 0) is 43.5 Å². The van der Waals surface area contributed by atoms with Crippen LogP contribution in [0.1, 0.15) is 30.9 Å². The fraction of sp³-hybridized carbons (Fsp3) is 0.333. The number of aryl methyl sites for hydroxylation is 1. The summed E-state index contributed by atoms with van der Waals surface area (Å²) in [6.07, 6.45) is 1.56. The lowest BCUT2D eigenvalue weighted by atomic mass is 9.94. The first-order valence-corrected chi connectivity index (χ1v) is 8.93. The van der Waals surface area contributed by atoms with Crippen molar-refractivity contribution >= 4 is 11.6 Å². The zero-order chi connectivity index (χ0) is 19.3. The van der Waals surface area contributed by atoms with Gasteiger partial charge in [-0.1, -0.05) is 35.5 Å². The number of carbonyl (C=O) groups excluding carboxylic acids is 1. The quantitative estimate of drug-likeness (QED) is 0.760. The number of benzene rings is 2. The molecule has 1 atom stereocenters. The molecule has 142 valence electrons. The van der Waals surface area contributed by atoms with Crippen LogP contribution in [0.5, 0.6) is 5.75 Å². The number of nitrogens with one attached hydrogen (secondary N) is 1. The summed E-state index contributed by atoms with van der Waals surface area (Å²) < 4.78 is 19.0. The second-order valence-corrected chi connectivity index (χ2v) is 6.69. The van der Waals surface area contributed by atoms with Crippen LogP contribution in [0.2, 0.25) is 0 Å². The minimum Gasteiger partial charge on any atom is -0.496 e. The summed E-state index contributed by atoms with van der Waals surface area (Å²) in [4.78, 5) is 18.0. The normalized spacial score (nSPS) is 18.6. The van der Waals surface area contributed by atoms with E-state index in [4.69, 9.17) is 9.57 Å². The van der Waals surface area contributed by atoms with Crippen molar-refractivity contribution in [3.8, 4) is 5.75 Å². The zero-order valence-electron chi connectivity index (χ0n) is 15.5. The number of nitrogens with zero attached hydrogens (tertiary/aromatic N) is 1. The number of hydrogen-bond donors (Lipinski definition) is 1. The third-order valence-electron chi connectivity index (χ3n) is 4.63. The van der Waals surface area contributed by atoms with Gasteiger partial charge >= 0.3 is 0 Å². The first kappa shape index (κ1) is 18.9. The number of rotatable bonds is 7. The second-order valence-electron chi connectivity index (χ2n) is 6.69. The van der Waals surface area contributed by atoms with Crippen LogP contribution in [0.4, 0.5) is 4.39 Å². The van der Waals surface area contributed by atoms with Crippen molar-refractivity contribution in [1.82, 2.24) is 5.32 Å². The lowest BCUT2D eigenvalue weighted by Gasteiger charge is -2.20. The van der Waals surface area contributed by atoms with Gasteiger partial charge in [0.1, 0.15) is 11.6 Å². The van der Waals surface area contributed by atoms with Crippen molar-refractivity contribution in [3.63, 3.8) is 0 Å². The van der Waals surface area contributed by atoms with Gasteiger partial charge in [0.2, 0.25) is 5.60 Å². The highest BCUT2D eigenvalue weighted by Gasteiger charge is 2.42. The first-order valence-electron chi connectivity index (χ1n) is 8.93. The molecule has 1 amide bonds. The molecule has 1 aliphatic heterocycles. The van der Waals surface area contributed by atoms with Crippen LogP contribution >= 0.6 is 0 Å². The minimum atomic E-state index is -1.06. The number of halogens is 1. The smallest absolute Gasteiger partial charge is 0.267 e. The van der Waals surface area contributed by atoms with Crippen molar-refractivity contribution in [3.05, 3.63) is 65.5 Å². The van der Waals surface area contributed by atoms with Gasteiger partial charge in [-0.15, -0.1) is 0 Å². The van der Waals surface area contributed by atoms with E-state index in [1.165, 1.54) is 6.07 Å². The number of para-hydroxylation sites is 1. The summed E-state index contributed by atoms with van der Waals surface area (Å²) in [7, 11) is 1.59. The van der Waals surface area contributed by atoms with Gasteiger partial charge in [0.15, 0.2) is 0 Å². The molecule has 6 heteroatoms. The van der Waals surface area contributed by atoms with Crippen LogP contribution in [-0.2, 0) is 16.1 Å². The zero-order valence-corrected chi connectivity index (χ0v) is 15.5. The number of oxime groups is 1. The van der Waals surface area contributed by atoms with Crippen LogP contribution in [0, 0.1) is 5.82 Å². The lowest BCUT2D eigenvalue weighted by Crippen LogP contribution is -2.45. The second kappa shape index (κ2) is 8.20. The maximum atomic E-state index is 13.6. The molecule has 5 nitrogen and oxygen atoms in total. The van der Waals surface area contributed by atoms with E-state index in [-0.39, 0.29) is 11.7 Å². The van der Waals surface area contributed by atoms with E-state index < -0.39 is 5.60 Å². The molecule has 0 aromatic heterocycles. The van der Waals surface area contributed by atoms with Crippen LogP contribution in [0.3, 0.4) is 0 Å². The highest BCUT2D eigenvalue weighted by atomic mass is 19.1. The maximum Gasteiger partial charge on any atom is 0.267 e. The summed E-state index contributed by atoms with van der Waals surface area (Å²) in [6.45, 7) is 2.15. The molecule has 0 saturated carbocycles. The average Bonchev–Trinajstić information content (AvgIpc) is 3.09. The number of amides is 1. The van der Waals surface area contributed by atoms with Gasteiger partial charge < -0.3 is 14.9 Å². The summed E-state index contributed by atoms with van der Waals surface area (Å²) in [5.74, 6) is 0.240. The van der Waals surface area contributed by atoms with Crippen molar-refractivity contribution in [1.29, 1.82) is 0 Å². The Labute approximate surface area is 158 Å². The molecule has 0 fully saturated rings. The van der Waals surface area contributed by atoms with E-state index in [1.807, 2.05) is 24.3 Å². The first-order chi connectivity index (χ1) is 13.0. The fourth-order valence-electron chi connectivity index (χ4n) is 3.06. The van der Waals surface area contributed by atoms with Crippen molar-refractivity contribution in [2.45, 2.75) is 31.8 Å². The van der Waals surface area contributed by atoms with Crippen LogP contribution < -0.4 is 10.1 Å². The third kappa shape index (κ3) is 4.27. The van der Waals surface area contributed by atoms with E-state index in [9.17, 15) is 9.18 Å². The summed E-state index contributed by atoms with van der Waals surface area (Å²) in [6, 6.07) is 14.2. The molecule has 27 heavy (non-hydrogen) atoms. The Morgan fingerprint density at radius 1 is 1.26 bits per heavy atom. The van der Waals surface area contributed by atoms with E-state index in [0.717, 1.165) is 5.56 Å². The number of carbonyl (C=O) groups is 1. The van der Waals surface area contributed by atoms with Gasteiger partial charge in [-0.3, -0.25) is 4.79 Å². The molecule has 1 heterocycles. The Morgan fingerprint density at radius 3 is 2.78 bits per heavy atom. The summed E-state index contributed by atoms with van der Waals surface area (Å²) in [5.41, 5.74) is 1.08. The van der Waals surface area contributed by atoms with Gasteiger partial charge in [0.25, 0.3) is 5.91 Å². The SMILES string of the molecule is COc1ccccc1C1=NO[C@@](C)(C(=O)NCCCc2ccccc2F)C1. The van der Waals surface area contributed by atoms with Crippen LogP contribution in [-0.4, -0.2) is 30.9 Å². The number of ether oxygens (including phenoxy) is 1.